The molecule has 4 rings (SSSR count). The Balaban J connectivity index is 1.70. The molecule has 0 spiro atoms. The van der Waals surface area contributed by atoms with Crippen molar-refractivity contribution in [1.82, 2.24) is 10.6 Å². The molecule has 1 unspecified atom stereocenters. The highest BCUT2D eigenvalue weighted by Gasteiger charge is 2.28. The number of anilines is 1. The van der Waals surface area contributed by atoms with Gasteiger partial charge >= 0.3 is 0 Å². The van der Waals surface area contributed by atoms with E-state index in [1.165, 1.54) is 0 Å². The highest BCUT2D eigenvalue weighted by molar-refractivity contribution is 6.09. The van der Waals surface area contributed by atoms with Gasteiger partial charge in [0.05, 0.1) is 17.3 Å². The summed E-state index contributed by atoms with van der Waals surface area (Å²) >= 11 is 0. The standard InChI is InChI=1S/C19H19N3O2/c23-18(16-7-4-10-20-16)22-15-9-8-13(12-5-2-1-3-6-12)14-11-21-19(24)17(14)15/h1-3,5-6,8-9,16,20H,4,7,10-11H2,(H,21,24)(H,22,23). The van der Waals surface area contributed by atoms with Gasteiger partial charge in [-0.3, -0.25) is 9.59 Å². The molecule has 2 amide bonds. The third kappa shape index (κ3) is 2.57. The monoisotopic (exact) mass is 321 g/mol. The summed E-state index contributed by atoms with van der Waals surface area (Å²) in [5, 5.41) is 8.98. The molecule has 1 saturated heterocycles. The average molecular weight is 321 g/mol. The minimum atomic E-state index is -0.168. The average Bonchev–Trinajstić information content (AvgIpc) is 3.27. The Labute approximate surface area is 140 Å². The van der Waals surface area contributed by atoms with E-state index in [1.807, 2.05) is 42.5 Å². The number of rotatable bonds is 3. The van der Waals surface area contributed by atoms with Gasteiger partial charge in [0.1, 0.15) is 0 Å². The van der Waals surface area contributed by atoms with E-state index in [2.05, 4.69) is 16.0 Å². The summed E-state index contributed by atoms with van der Waals surface area (Å²) in [4.78, 5) is 24.7. The molecule has 1 fully saturated rings. The van der Waals surface area contributed by atoms with Crippen molar-refractivity contribution >= 4 is 17.5 Å². The predicted octanol–water partition coefficient (Wildman–Crippen LogP) is 2.29. The second-order valence-corrected chi connectivity index (χ2v) is 6.20. The number of amides is 2. The first-order chi connectivity index (χ1) is 11.7. The van der Waals surface area contributed by atoms with Crippen LogP contribution in [0.15, 0.2) is 42.5 Å². The maximum Gasteiger partial charge on any atom is 0.254 e. The molecule has 0 radical (unpaired) electrons. The van der Waals surface area contributed by atoms with E-state index in [0.717, 1.165) is 36.1 Å². The van der Waals surface area contributed by atoms with Gasteiger partial charge in [0.15, 0.2) is 0 Å². The van der Waals surface area contributed by atoms with Crippen LogP contribution in [0.5, 0.6) is 0 Å². The topological polar surface area (TPSA) is 70.2 Å². The van der Waals surface area contributed by atoms with Gasteiger partial charge in [0, 0.05) is 6.54 Å². The Bertz CT molecular complexity index is 796. The van der Waals surface area contributed by atoms with E-state index >= 15 is 0 Å². The zero-order valence-electron chi connectivity index (χ0n) is 13.3. The van der Waals surface area contributed by atoms with Gasteiger partial charge in [-0.1, -0.05) is 36.4 Å². The van der Waals surface area contributed by atoms with E-state index < -0.39 is 0 Å². The number of hydrogen-bond donors (Lipinski definition) is 3. The van der Waals surface area contributed by atoms with Crippen LogP contribution in [0, 0.1) is 0 Å². The lowest BCUT2D eigenvalue weighted by molar-refractivity contribution is -0.117. The summed E-state index contributed by atoms with van der Waals surface area (Å²) in [6, 6.07) is 13.6. The fourth-order valence-corrected chi connectivity index (χ4v) is 3.47. The second-order valence-electron chi connectivity index (χ2n) is 6.20. The molecule has 122 valence electrons. The van der Waals surface area contributed by atoms with E-state index in [4.69, 9.17) is 0 Å². The summed E-state index contributed by atoms with van der Waals surface area (Å²) in [6.45, 7) is 1.35. The number of benzene rings is 2. The van der Waals surface area contributed by atoms with E-state index in [0.29, 0.717) is 17.8 Å². The Hall–Kier alpha value is -2.66. The van der Waals surface area contributed by atoms with Crippen molar-refractivity contribution < 1.29 is 9.59 Å². The predicted molar refractivity (Wildman–Crippen MR) is 92.7 cm³/mol. The zero-order chi connectivity index (χ0) is 16.5. The van der Waals surface area contributed by atoms with Crippen molar-refractivity contribution in [2.24, 2.45) is 0 Å². The van der Waals surface area contributed by atoms with Gasteiger partial charge in [-0.25, -0.2) is 0 Å². The highest BCUT2D eigenvalue weighted by atomic mass is 16.2. The van der Waals surface area contributed by atoms with E-state index in [9.17, 15) is 9.59 Å². The quantitative estimate of drug-likeness (QED) is 0.812. The molecule has 0 saturated carbocycles. The Morgan fingerprint density at radius 2 is 1.96 bits per heavy atom. The van der Waals surface area contributed by atoms with Crippen LogP contribution in [-0.2, 0) is 11.3 Å². The first kappa shape index (κ1) is 14.9. The Kier molecular flexibility index (Phi) is 3.78. The molecule has 2 heterocycles. The summed E-state index contributed by atoms with van der Waals surface area (Å²) in [6.07, 6.45) is 1.84. The fraction of sp³-hybridized carbons (Fsp3) is 0.263. The minimum absolute atomic E-state index is 0.0677. The second kappa shape index (κ2) is 6.09. The molecule has 2 aromatic rings. The van der Waals surface area contributed by atoms with Crippen LogP contribution in [0.25, 0.3) is 11.1 Å². The molecule has 5 nitrogen and oxygen atoms in total. The molecule has 2 aromatic carbocycles. The van der Waals surface area contributed by atoms with Gasteiger partial charge in [-0.05, 0) is 42.1 Å². The lowest BCUT2D eigenvalue weighted by Gasteiger charge is -2.15. The van der Waals surface area contributed by atoms with E-state index in [-0.39, 0.29) is 17.9 Å². The number of fused-ring (bicyclic) bond motifs is 1. The van der Waals surface area contributed by atoms with Crippen molar-refractivity contribution in [3.63, 3.8) is 0 Å². The molecule has 2 aliphatic heterocycles. The maximum absolute atomic E-state index is 12.4. The van der Waals surface area contributed by atoms with Gasteiger partial charge in [-0.15, -0.1) is 0 Å². The molecule has 3 N–H and O–H groups in total. The Morgan fingerprint density at radius 1 is 1.12 bits per heavy atom. The molecular weight excluding hydrogens is 302 g/mol. The number of hydrogen-bond acceptors (Lipinski definition) is 3. The van der Waals surface area contributed by atoms with Crippen molar-refractivity contribution in [2.75, 3.05) is 11.9 Å². The number of nitrogens with one attached hydrogen (secondary N) is 3. The maximum atomic E-state index is 12.4. The van der Waals surface area contributed by atoms with Crippen molar-refractivity contribution in [3.05, 3.63) is 53.6 Å². The lowest BCUT2D eigenvalue weighted by atomic mass is 9.95. The molecular formula is C19H19N3O2. The van der Waals surface area contributed by atoms with Crippen molar-refractivity contribution in [2.45, 2.75) is 25.4 Å². The summed E-state index contributed by atoms with van der Waals surface area (Å²) in [5.74, 6) is -0.195. The highest BCUT2D eigenvalue weighted by Crippen LogP contribution is 2.34. The molecule has 2 aliphatic rings. The summed E-state index contributed by atoms with van der Waals surface area (Å²) in [5.41, 5.74) is 4.23. The largest absolute Gasteiger partial charge is 0.348 e. The van der Waals surface area contributed by atoms with Gasteiger partial charge in [-0.2, -0.15) is 0 Å². The third-order valence-electron chi connectivity index (χ3n) is 4.69. The first-order valence-corrected chi connectivity index (χ1v) is 8.28. The molecule has 0 bridgehead atoms. The van der Waals surface area contributed by atoms with E-state index in [1.54, 1.807) is 0 Å². The first-order valence-electron chi connectivity index (χ1n) is 8.28. The van der Waals surface area contributed by atoms with Crippen molar-refractivity contribution in [3.8, 4) is 11.1 Å². The van der Waals surface area contributed by atoms with Crippen LogP contribution in [0.2, 0.25) is 0 Å². The normalized spacial score (nSPS) is 19.0. The van der Waals surface area contributed by atoms with Crippen LogP contribution in [0.1, 0.15) is 28.8 Å². The van der Waals surface area contributed by atoms with Crippen LogP contribution in [0.3, 0.4) is 0 Å². The molecule has 1 atom stereocenters. The van der Waals surface area contributed by atoms with Crippen LogP contribution in [0.4, 0.5) is 5.69 Å². The summed E-state index contributed by atoms with van der Waals surface area (Å²) < 4.78 is 0. The molecule has 0 aromatic heterocycles. The third-order valence-corrected chi connectivity index (χ3v) is 4.69. The smallest absolute Gasteiger partial charge is 0.254 e. The number of carbonyl (C=O) groups is 2. The van der Waals surface area contributed by atoms with Gasteiger partial charge in [0.2, 0.25) is 5.91 Å². The molecule has 24 heavy (non-hydrogen) atoms. The number of carbonyl (C=O) groups excluding carboxylic acids is 2. The van der Waals surface area contributed by atoms with Crippen LogP contribution in [-0.4, -0.2) is 24.4 Å². The fourth-order valence-electron chi connectivity index (χ4n) is 3.47. The van der Waals surface area contributed by atoms with Gasteiger partial charge in [0.25, 0.3) is 5.91 Å². The van der Waals surface area contributed by atoms with Gasteiger partial charge < -0.3 is 16.0 Å². The van der Waals surface area contributed by atoms with Crippen LogP contribution < -0.4 is 16.0 Å². The zero-order valence-corrected chi connectivity index (χ0v) is 13.3. The molecule has 5 heteroatoms. The SMILES string of the molecule is O=C1NCc2c(-c3ccccc3)ccc(NC(=O)C3CCCN3)c21. The van der Waals surface area contributed by atoms with Crippen molar-refractivity contribution in [1.29, 1.82) is 0 Å². The van der Waals surface area contributed by atoms with Crippen LogP contribution >= 0.6 is 0 Å². The Morgan fingerprint density at radius 3 is 2.71 bits per heavy atom. The summed E-state index contributed by atoms with van der Waals surface area (Å²) in [7, 11) is 0. The lowest BCUT2D eigenvalue weighted by Crippen LogP contribution is -2.35. The molecule has 0 aliphatic carbocycles. The minimum Gasteiger partial charge on any atom is -0.348 e.